The molecule has 9 aromatic rings. The average molecular weight is 911 g/mol. The number of hydrogen-bond donors (Lipinski definition) is 0. The lowest BCUT2D eigenvalue weighted by Crippen LogP contribution is -2.08. The van der Waals surface area contributed by atoms with E-state index in [1.165, 1.54) is 221 Å². The highest BCUT2D eigenvalue weighted by molar-refractivity contribution is 6.30. The fourth-order valence-electron chi connectivity index (χ4n) is 13.5. The fourth-order valence-corrected chi connectivity index (χ4v) is 13.5. The van der Waals surface area contributed by atoms with Crippen molar-refractivity contribution in [3.8, 4) is 33.4 Å². The molecule has 1 heteroatoms. The Bertz CT molecular complexity index is 3790. The number of hydrogen-bond acceptors (Lipinski definition) is 1. The van der Waals surface area contributed by atoms with E-state index in [1.54, 1.807) is 0 Å². The minimum absolute atomic E-state index is 1.03. The predicted octanol–water partition coefficient (Wildman–Crippen LogP) is 20.1. The minimum Gasteiger partial charge on any atom is -0.455 e. The van der Waals surface area contributed by atoms with Gasteiger partial charge in [0.05, 0.1) is 0 Å². The maximum Gasteiger partial charge on any atom is 0.138 e. The molecule has 69 heavy (non-hydrogen) atoms. The Balaban J connectivity index is 1.65. The Morgan fingerprint density at radius 2 is 0.304 bits per heavy atom. The lowest BCUT2D eigenvalue weighted by atomic mass is 9.72. The van der Waals surface area contributed by atoms with Gasteiger partial charge < -0.3 is 4.42 Å². The van der Waals surface area contributed by atoms with E-state index >= 15 is 0 Å². The Morgan fingerprint density at radius 1 is 0.130 bits per heavy atom. The van der Waals surface area contributed by atoms with Gasteiger partial charge in [-0.1, -0.05) is 0 Å². The van der Waals surface area contributed by atoms with Crippen LogP contribution in [0.3, 0.4) is 0 Å². The van der Waals surface area contributed by atoms with Gasteiger partial charge >= 0.3 is 0 Å². The number of benzene rings is 8. The van der Waals surface area contributed by atoms with Gasteiger partial charge in [-0.15, -0.1) is 0 Å². The maximum atomic E-state index is 7.07. The highest BCUT2D eigenvalue weighted by Crippen LogP contribution is 2.57. The zero-order valence-electron chi connectivity index (χ0n) is 47.4. The van der Waals surface area contributed by atoms with Crippen LogP contribution in [0.2, 0.25) is 0 Å². The lowest BCUT2D eigenvalue weighted by molar-refractivity contribution is 0.661. The first-order valence-electron chi connectivity index (χ1n) is 25.7. The summed E-state index contributed by atoms with van der Waals surface area (Å²) in [5.41, 5.74) is 45.9. The third kappa shape index (κ3) is 6.01. The summed E-state index contributed by atoms with van der Waals surface area (Å²) in [4.78, 5) is 0. The molecule has 0 atom stereocenters. The summed E-state index contributed by atoms with van der Waals surface area (Å²) < 4.78 is 7.07. The maximum absolute atomic E-state index is 7.07. The first-order valence-corrected chi connectivity index (χ1v) is 25.7. The number of rotatable bonds is 3. The molecule has 0 aliphatic rings. The Kier molecular flexibility index (Phi) is 11.2. The van der Waals surface area contributed by atoms with E-state index in [1.807, 2.05) is 0 Å². The summed E-state index contributed by atoms with van der Waals surface area (Å²) in [6.45, 7) is 61.5. The molecular formula is C68H78O. The van der Waals surface area contributed by atoms with E-state index in [0.717, 1.165) is 11.2 Å². The van der Waals surface area contributed by atoms with Gasteiger partial charge in [-0.3, -0.25) is 0 Å². The molecule has 0 fully saturated rings. The van der Waals surface area contributed by atoms with Gasteiger partial charge in [-0.25, -0.2) is 0 Å². The van der Waals surface area contributed by atoms with Crippen LogP contribution in [0.1, 0.15) is 145 Å². The third-order valence-corrected chi connectivity index (χ3v) is 20.0. The molecule has 9 rings (SSSR count). The summed E-state index contributed by atoms with van der Waals surface area (Å²) >= 11 is 0. The monoisotopic (exact) mass is 911 g/mol. The summed E-state index contributed by atoms with van der Waals surface area (Å²) in [5.74, 6) is 0. The topological polar surface area (TPSA) is 13.1 Å². The van der Waals surface area contributed by atoms with Crippen molar-refractivity contribution in [2.24, 2.45) is 0 Å². The number of aryl methyl sites for hydroxylation is 10. The summed E-state index contributed by atoms with van der Waals surface area (Å²) in [6.07, 6.45) is 0. The van der Waals surface area contributed by atoms with Crippen LogP contribution in [-0.2, 0) is 0 Å². The molecule has 1 aromatic heterocycles. The molecule has 0 bridgehead atoms. The molecule has 0 saturated carbocycles. The lowest BCUT2D eigenvalue weighted by Gasteiger charge is -2.31. The van der Waals surface area contributed by atoms with Crippen LogP contribution in [0, 0.1) is 180 Å². The van der Waals surface area contributed by atoms with Crippen molar-refractivity contribution in [3.63, 3.8) is 0 Å². The van der Waals surface area contributed by atoms with E-state index in [0.29, 0.717) is 0 Å². The van der Waals surface area contributed by atoms with E-state index < -0.39 is 0 Å². The van der Waals surface area contributed by atoms with Gasteiger partial charge in [0, 0.05) is 10.8 Å². The third-order valence-electron chi connectivity index (χ3n) is 20.0. The van der Waals surface area contributed by atoms with Gasteiger partial charge in [0.25, 0.3) is 0 Å². The minimum atomic E-state index is 1.03. The fraction of sp³-hybridized carbons (Fsp3) is 0.382. The quantitative estimate of drug-likeness (QED) is 0.161. The second-order valence-electron chi connectivity index (χ2n) is 22.3. The molecular weight excluding hydrogens is 833 g/mol. The predicted molar refractivity (Wildman–Crippen MR) is 306 cm³/mol. The number of furan rings is 1. The van der Waals surface area contributed by atoms with Gasteiger partial charge in [0.15, 0.2) is 0 Å². The van der Waals surface area contributed by atoms with Crippen LogP contribution in [0.5, 0.6) is 0 Å². The molecule has 356 valence electrons. The summed E-state index contributed by atoms with van der Waals surface area (Å²) in [5, 5.41) is 11.0. The molecule has 0 saturated heterocycles. The number of fused-ring (bicyclic) bond motifs is 6. The molecule has 0 N–H and O–H groups in total. The van der Waals surface area contributed by atoms with E-state index in [-0.39, 0.29) is 0 Å². The standard InChI is InChI=1S/C68H78O/c1-27-28(2)38(12)53(39(13)29(27)3)55-47(21)48(22)62(57-41(15)31(5)30(4)40(14)56(55)57)66-60-44(18)34(8)32(6)42(16)58(60)65(59-43(17)33(7)35(9)45(19)61(59)66)54-49(23)51(25)68-64(52(54)26)63-46(20)36(10)37(11)50(24)67(63)69-68/h1-26H3. The molecule has 1 heterocycles. The van der Waals surface area contributed by atoms with Crippen LogP contribution in [0.25, 0.3) is 87.6 Å². The molecule has 1 nitrogen and oxygen atoms in total. The zero-order chi connectivity index (χ0) is 51.0. The average Bonchev–Trinajstić information content (AvgIpc) is 3.74. The van der Waals surface area contributed by atoms with Crippen LogP contribution in [0.4, 0.5) is 0 Å². The molecule has 0 aliphatic heterocycles. The van der Waals surface area contributed by atoms with Crippen LogP contribution in [-0.4, -0.2) is 0 Å². The van der Waals surface area contributed by atoms with E-state index in [2.05, 4.69) is 180 Å². The van der Waals surface area contributed by atoms with Crippen molar-refractivity contribution in [3.05, 3.63) is 145 Å². The van der Waals surface area contributed by atoms with Gasteiger partial charge in [0.1, 0.15) is 11.2 Å². The van der Waals surface area contributed by atoms with Crippen molar-refractivity contribution in [2.45, 2.75) is 180 Å². The normalized spacial score (nSPS) is 12.2. The van der Waals surface area contributed by atoms with Gasteiger partial charge in [0.2, 0.25) is 0 Å². The largest absolute Gasteiger partial charge is 0.455 e. The molecule has 0 aliphatic carbocycles. The van der Waals surface area contributed by atoms with Crippen molar-refractivity contribution in [1.29, 1.82) is 0 Å². The summed E-state index contributed by atoms with van der Waals surface area (Å²) in [7, 11) is 0. The van der Waals surface area contributed by atoms with E-state index in [4.69, 9.17) is 4.42 Å². The van der Waals surface area contributed by atoms with E-state index in [9.17, 15) is 0 Å². The first kappa shape index (κ1) is 48.4. The Labute approximate surface area is 414 Å². The second kappa shape index (κ2) is 15.9. The first-order chi connectivity index (χ1) is 32.2. The van der Waals surface area contributed by atoms with Crippen molar-refractivity contribution >= 4 is 54.3 Å². The van der Waals surface area contributed by atoms with Gasteiger partial charge in [-0.05, 0) is 390 Å². The van der Waals surface area contributed by atoms with Crippen LogP contribution < -0.4 is 0 Å². The van der Waals surface area contributed by atoms with Crippen LogP contribution in [0.15, 0.2) is 4.42 Å². The zero-order valence-corrected chi connectivity index (χ0v) is 47.4. The SMILES string of the molecule is Cc1c(C)c(C)c(-c2c(C)c(C)c(-c3c4c(C)c(C)c(C)c(C)c4c(-c4c(C)c(C)c5oc6c(C)c(C)c(C)c(C)c6c5c4C)c4c(C)c(C)c(C)c(C)c34)c3c(C)c(C)c(C)c(C)c23)c(C)c1C. The van der Waals surface area contributed by atoms with Crippen LogP contribution >= 0.6 is 0 Å². The molecule has 0 spiro atoms. The van der Waals surface area contributed by atoms with Crippen molar-refractivity contribution in [1.82, 2.24) is 0 Å². The summed E-state index contributed by atoms with van der Waals surface area (Å²) in [6, 6.07) is 0. The molecule has 0 unspecified atom stereocenters. The Morgan fingerprint density at radius 3 is 0.652 bits per heavy atom. The smallest absolute Gasteiger partial charge is 0.138 e. The van der Waals surface area contributed by atoms with Crippen molar-refractivity contribution < 1.29 is 4.42 Å². The second-order valence-corrected chi connectivity index (χ2v) is 22.3. The molecule has 0 amide bonds. The molecule has 0 radical (unpaired) electrons. The Hall–Kier alpha value is -5.66. The highest BCUT2D eigenvalue weighted by Gasteiger charge is 2.33. The highest BCUT2D eigenvalue weighted by atomic mass is 16.3. The molecule has 8 aromatic carbocycles. The van der Waals surface area contributed by atoms with Gasteiger partial charge in [-0.2, -0.15) is 0 Å². The van der Waals surface area contributed by atoms with Crippen molar-refractivity contribution in [2.75, 3.05) is 0 Å².